The predicted molar refractivity (Wildman–Crippen MR) is 94.9 cm³/mol. The minimum atomic E-state index is -0.441. The van der Waals surface area contributed by atoms with E-state index < -0.39 is 11.8 Å². The van der Waals surface area contributed by atoms with Crippen LogP contribution in [-0.4, -0.2) is 23.4 Å². The van der Waals surface area contributed by atoms with E-state index in [-0.39, 0.29) is 6.61 Å². The highest BCUT2D eigenvalue weighted by Gasteiger charge is 2.11. The van der Waals surface area contributed by atoms with E-state index in [1.54, 1.807) is 12.3 Å². The van der Waals surface area contributed by atoms with Gasteiger partial charge < -0.3 is 9.72 Å². The second-order valence-corrected chi connectivity index (χ2v) is 6.62. The van der Waals surface area contributed by atoms with Gasteiger partial charge in [-0.25, -0.2) is 0 Å². The molecule has 0 aliphatic heterocycles. The third-order valence-corrected chi connectivity index (χ3v) is 3.90. The van der Waals surface area contributed by atoms with Crippen LogP contribution in [0.2, 0.25) is 0 Å². The lowest BCUT2D eigenvalue weighted by atomic mass is 10.0. The van der Waals surface area contributed by atoms with Crippen LogP contribution in [0.25, 0.3) is 0 Å². The molecule has 0 saturated heterocycles. The average molecular weight is 394 g/mol. The molecule has 1 heterocycles. The summed E-state index contributed by atoms with van der Waals surface area (Å²) in [5.74, 6) is 0.160. The highest BCUT2D eigenvalue weighted by atomic mass is 79.9. The van der Waals surface area contributed by atoms with E-state index in [9.17, 15) is 9.59 Å². The highest BCUT2D eigenvalue weighted by Crippen LogP contribution is 2.24. The molecule has 0 saturated carbocycles. The topological polar surface area (TPSA) is 83.2 Å². The Labute approximate surface area is 149 Å². The number of halogens is 1. The molecule has 0 fully saturated rings. The van der Waals surface area contributed by atoms with Gasteiger partial charge in [0.05, 0.1) is 0 Å². The van der Waals surface area contributed by atoms with Crippen LogP contribution in [0, 0.1) is 6.92 Å². The monoisotopic (exact) mass is 393 g/mol. The number of H-pyrrole nitrogens is 1. The lowest BCUT2D eigenvalue weighted by Gasteiger charge is -2.13. The van der Waals surface area contributed by atoms with E-state index in [1.165, 1.54) is 0 Å². The Balaban J connectivity index is 1.85. The van der Waals surface area contributed by atoms with Crippen molar-refractivity contribution in [3.8, 4) is 5.75 Å². The van der Waals surface area contributed by atoms with Gasteiger partial charge in [-0.05, 0) is 52.0 Å². The van der Waals surface area contributed by atoms with Gasteiger partial charge in [-0.15, -0.1) is 0 Å². The van der Waals surface area contributed by atoms with E-state index >= 15 is 0 Å². The molecular weight excluding hydrogens is 374 g/mol. The standard InChI is InChI=1S/C17H20BrN3O3/c1-10(2)12-5-4-11(3)15(6-12)24-9-16(22)20-21-17(23)14-7-13(18)8-19-14/h4-8,10,19H,9H2,1-3H3,(H,20,22)(H,21,23). The molecule has 6 nitrogen and oxygen atoms in total. The molecule has 2 rings (SSSR count). The maximum atomic E-state index is 11.8. The molecule has 128 valence electrons. The van der Waals surface area contributed by atoms with Crippen molar-refractivity contribution in [2.45, 2.75) is 26.7 Å². The van der Waals surface area contributed by atoms with Crippen molar-refractivity contribution in [3.63, 3.8) is 0 Å². The van der Waals surface area contributed by atoms with E-state index in [0.29, 0.717) is 17.4 Å². The maximum Gasteiger partial charge on any atom is 0.286 e. The number of aromatic amines is 1. The van der Waals surface area contributed by atoms with Gasteiger partial charge in [-0.1, -0.05) is 26.0 Å². The van der Waals surface area contributed by atoms with Crippen molar-refractivity contribution in [2.24, 2.45) is 0 Å². The van der Waals surface area contributed by atoms with Crippen molar-refractivity contribution < 1.29 is 14.3 Å². The number of aromatic nitrogens is 1. The van der Waals surface area contributed by atoms with Crippen molar-refractivity contribution in [1.82, 2.24) is 15.8 Å². The molecule has 0 aliphatic carbocycles. The number of carbonyl (C=O) groups excluding carboxylic acids is 2. The number of ether oxygens (including phenoxy) is 1. The number of carbonyl (C=O) groups is 2. The summed E-state index contributed by atoms with van der Waals surface area (Å²) in [7, 11) is 0. The number of hydrogen-bond donors (Lipinski definition) is 3. The number of hydrazine groups is 1. The summed E-state index contributed by atoms with van der Waals surface area (Å²) in [6, 6.07) is 7.55. The Kier molecular flexibility index (Phi) is 6.03. The van der Waals surface area contributed by atoms with E-state index in [2.05, 4.69) is 45.6 Å². The number of aryl methyl sites for hydroxylation is 1. The van der Waals surface area contributed by atoms with Crippen LogP contribution in [0.3, 0.4) is 0 Å². The molecule has 0 radical (unpaired) electrons. The van der Waals surface area contributed by atoms with Crippen LogP contribution in [0.15, 0.2) is 34.9 Å². The molecule has 24 heavy (non-hydrogen) atoms. The van der Waals surface area contributed by atoms with Gasteiger partial charge in [-0.2, -0.15) is 0 Å². The fourth-order valence-electron chi connectivity index (χ4n) is 2.00. The van der Waals surface area contributed by atoms with Gasteiger partial charge in [0, 0.05) is 10.7 Å². The van der Waals surface area contributed by atoms with Crippen LogP contribution in [0.1, 0.15) is 41.4 Å². The summed E-state index contributed by atoms with van der Waals surface area (Å²) in [5.41, 5.74) is 7.07. The Morgan fingerprint density at radius 1 is 1.25 bits per heavy atom. The van der Waals surface area contributed by atoms with Gasteiger partial charge >= 0.3 is 0 Å². The van der Waals surface area contributed by atoms with Gasteiger partial charge in [0.15, 0.2) is 6.61 Å². The third kappa shape index (κ3) is 4.86. The molecule has 0 unspecified atom stereocenters. The normalized spacial score (nSPS) is 10.5. The lowest BCUT2D eigenvalue weighted by molar-refractivity contribution is -0.123. The first kappa shape index (κ1) is 18.1. The van der Waals surface area contributed by atoms with Crippen LogP contribution >= 0.6 is 15.9 Å². The average Bonchev–Trinajstić information content (AvgIpc) is 2.98. The molecule has 3 N–H and O–H groups in total. The van der Waals surface area contributed by atoms with Crippen LogP contribution in [-0.2, 0) is 4.79 Å². The number of amides is 2. The molecule has 0 atom stereocenters. The van der Waals surface area contributed by atoms with Gasteiger partial charge in [-0.3, -0.25) is 20.4 Å². The van der Waals surface area contributed by atoms with Crippen molar-refractivity contribution in [3.05, 3.63) is 51.8 Å². The zero-order valence-corrected chi connectivity index (χ0v) is 15.4. The van der Waals surface area contributed by atoms with Gasteiger partial charge in [0.25, 0.3) is 11.8 Å². The Bertz CT molecular complexity index is 740. The van der Waals surface area contributed by atoms with Gasteiger partial charge in [0.1, 0.15) is 11.4 Å². The predicted octanol–water partition coefficient (Wildman–Crippen LogP) is 3.05. The summed E-state index contributed by atoms with van der Waals surface area (Å²) in [4.78, 5) is 26.4. The summed E-state index contributed by atoms with van der Waals surface area (Å²) < 4.78 is 6.31. The number of hydrogen-bond acceptors (Lipinski definition) is 3. The zero-order chi connectivity index (χ0) is 17.7. The fraction of sp³-hybridized carbons (Fsp3) is 0.294. The third-order valence-electron chi connectivity index (χ3n) is 3.45. The van der Waals surface area contributed by atoms with Crippen LogP contribution < -0.4 is 15.6 Å². The number of benzene rings is 1. The Hall–Kier alpha value is -2.28. The van der Waals surface area contributed by atoms with Gasteiger partial charge in [0.2, 0.25) is 0 Å². The van der Waals surface area contributed by atoms with E-state index in [4.69, 9.17) is 4.74 Å². The van der Waals surface area contributed by atoms with E-state index in [1.807, 2.05) is 25.1 Å². The van der Waals surface area contributed by atoms with Crippen molar-refractivity contribution >= 4 is 27.7 Å². The molecule has 0 spiro atoms. The second-order valence-electron chi connectivity index (χ2n) is 5.70. The zero-order valence-electron chi connectivity index (χ0n) is 13.8. The maximum absolute atomic E-state index is 11.8. The lowest BCUT2D eigenvalue weighted by Crippen LogP contribution is -2.44. The minimum absolute atomic E-state index is 0.183. The SMILES string of the molecule is Cc1ccc(C(C)C)cc1OCC(=O)NNC(=O)c1cc(Br)c[nH]1. The quantitative estimate of drug-likeness (QED) is 0.682. The first-order chi connectivity index (χ1) is 11.4. The summed E-state index contributed by atoms with van der Waals surface area (Å²) in [6.45, 7) is 5.92. The molecule has 1 aromatic heterocycles. The summed E-state index contributed by atoms with van der Waals surface area (Å²) >= 11 is 3.24. The Morgan fingerprint density at radius 2 is 2.00 bits per heavy atom. The minimum Gasteiger partial charge on any atom is -0.483 e. The van der Waals surface area contributed by atoms with Crippen molar-refractivity contribution in [2.75, 3.05) is 6.61 Å². The fourth-order valence-corrected chi connectivity index (χ4v) is 2.35. The summed E-state index contributed by atoms with van der Waals surface area (Å²) in [6.07, 6.45) is 1.63. The highest BCUT2D eigenvalue weighted by molar-refractivity contribution is 9.10. The molecular formula is C17H20BrN3O3. The van der Waals surface area contributed by atoms with Crippen LogP contribution in [0.5, 0.6) is 5.75 Å². The second kappa shape index (κ2) is 8.01. The molecule has 2 amide bonds. The molecule has 0 bridgehead atoms. The van der Waals surface area contributed by atoms with Crippen LogP contribution in [0.4, 0.5) is 0 Å². The smallest absolute Gasteiger partial charge is 0.286 e. The summed E-state index contributed by atoms with van der Waals surface area (Å²) in [5, 5.41) is 0. The first-order valence-electron chi connectivity index (χ1n) is 7.53. The largest absolute Gasteiger partial charge is 0.483 e. The number of rotatable bonds is 5. The first-order valence-corrected chi connectivity index (χ1v) is 8.32. The number of nitrogens with one attached hydrogen (secondary N) is 3. The molecule has 1 aromatic carbocycles. The molecule has 2 aromatic rings. The van der Waals surface area contributed by atoms with Crippen molar-refractivity contribution in [1.29, 1.82) is 0 Å². The molecule has 7 heteroatoms. The Morgan fingerprint density at radius 3 is 2.62 bits per heavy atom. The molecule has 0 aliphatic rings. The van der Waals surface area contributed by atoms with E-state index in [0.717, 1.165) is 15.6 Å².